The van der Waals surface area contributed by atoms with Gasteiger partial charge in [0.2, 0.25) is 5.91 Å². The number of anilines is 1. The number of ketones is 1. The maximum absolute atomic E-state index is 14.0. The fourth-order valence-corrected chi connectivity index (χ4v) is 2.32. The van der Waals surface area contributed by atoms with E-state index in [0.717, 1.165) is 17.7 Å². The number of nitrogens with one attached hydrogen (secondary N) is 1. The maximum atomic E-state index is 14.0. The van der Waals surface area contributed by atoms with Crippen LogP contribution >= 0.6 is 0 Å². The van der Waals surface area contributed by atoms with Gasteiger partial charge in [-0.05, 0) is 37.5 Å². The molecule has 1 aromatic rings. The second-order valence-corrected chi connectivity index (χ2v) is 5.21. The van der Waals surface area contributed by atoms with Gasteiger partial charge in [0, 0.05) is 6.04 Å². The largest absolute Gasteiger partial charge is 0.352 e. The minimum atomic E-state index is -0.851. The van der Waals surface area contributed by atoms with Crippen molar-refractivity contribution in [3.63, 3.8) is 0 Å². The Morgan fingerprint density at radius 3 is 2.75 bits per heavy atom. The third-order valence-electron chi connectivity index (χ3n) is 3.41. The lowest BCUT2D eigenvalue weighted by Crippen LogP contribution is -2.41. The minimum absolute atomic E-state index is 0.0340. The Hall–Kier alpha value is -2.24. The van der Waals surface area contributed by atoms with E-state index >= 15 is 0 Å². The first-order chi connectivity index (χ1) is 9.47. The summed E-state index contributed by atoms with van der Waals surface area (Å²) < 4.78 is 14.0. The van der Waals surface area contributed by atoms with E-state index < -0.39 is 17.5 Å². The van der Waals surface area contributed by atoms with Crippen LogP contribution in [0.1, 0.15) is 28.8 Å². The average molecular weight is 276 g/mol. The van der Waals surface area contributed by atoms with Crippen molar-refractivity contribution in [3.05, 3.63) is 29.1 Å². The summed E-state index contributed by atoms with van der Waals surface area (Å²) in [6.07, 6.45) is 1.84. The number of hydrogen-bond donors (Lipinski definition) is 1. The normalized spacial score (nSPS) is 17.4. The van der Waals surface area contributed by atoms with Crippen molar-refractivity contribution in [1.82, 2.24) is 5.32 Å². The number of rotatable bonds is 3. The van der Waals surface area contributed by atoms with E-state index in [-0.39, 0.29) is 29.7 Å². The van der Waals surface area contributed by atoms with Crippen molar-refractivity contribution in [2.24, 2.45) is 0 Å². The lowest BCUT2D eigenvalue weighted by atomic mass is 10.1. The zero-order valence-electron chi connectivity index (χ0n) is 10.9. The Labute approximate surface area is 114 Å². The van der Waals surface area contributed by atoms with Crippen LogP contribution in [-0.2, 0) is 9.59 Å². The fraction of sp³-hybridized carbons (Fsp3) is 0.357. The molecule has 104 valence electrons. The molecule has 1 fully saturated rings. The Morgan fingerprint density at radius 2 is 2.10 bits per heavy atom. The standard InChI is InChI=1S/C14H13FN2O3/c1-7-4-9-12(10(15)5-7)17(14(20)13(9)19)6-11(18)16-8-2-3-8/h4-5,8H,2-3,6H2,1H3,(H,16,18). The van der Waals surface area contributed by atoms with Crippen LogP contribution in [0.3, 0.4) is 0 Å². The van der Waals surface area contributed by atoms with Crippen LogP contribution in [0, 0.1) is 12.7 Å². The van der Waals surface area contributed by atoms with Gasteiger partial charge in [0.05, 0.1) is 11.3 Å². The van der Waals surface area contributed by atoms with Crippen molar-refractivity contribution in [2.45, 2.75) is 25.8 Å². The number of fused-ring (bicyclic) bond motifs is 1. The molecule has 2 aliphatic rings. The van der Waals surface area contributed by atoms with Crippen molar-refractivity contribution < 1.29 is 18.8 Å². The lowest BCUT2D eigenvalue weighted by molar-refractivity contribution is -0.122. The van der Waals surface area contributed by atoms with Crippen LogP contribution in [0.5, 0.6) is 0 Å². The molecule has 0 aromatic heterocycles. The van der Waals surface area contributed by atoms with Crippen LogP contribution < -0.4 is 10.2 Å². The summed E-state index contributed by atoms with van der Waals surface area (Å²) in [6, 6.07) is 2.87. The van der Waals surface area contributed by atoms with Gasteiger partial charge in [0.1, 0.15) is 12.4 Å². The van der Waals surface area contributed by atoms with Gasteiger partial charge in [0.15, 0.2) is 0 Å². The molecule has 20 heavy (non-hydrogen) atoms. The number of Topliss-reactive ketones (excluding diaryl/α,β-unsaturated/α-hetero) is 1. The number of hydrogen-bond acceptors (Lipinski definition) is 3. The Balaban J connectivity index is 1.91. The van der Waals surface area contributed by atoms with Crippen molar-refractivity contribution >= 4 is 23.3 Å². The number of nitrogens with zero attached hydrogens (tertiary/aromatic N) is 1. The molecule has 1 aliphatic carbocycles. The molecule has 1 N–H and O–H groups in total. The predicted molar refractivity (Wildman–Crippen MR) is 69.0 cm³/mol. The van der Waals surface area contributed by atoms with E-state index in [1.165, 1.54) is 12.1 Å². The summed E-state index contributed by atoms with van der Waals surface area (Å²) >= 11 is 0. The zero-order valence-corrected chi connectivity index (χ0v) is 10.9. The maximum Gasteiger partial charge on any atom is 0.300 e. The highest BCUT2D eigenvalue weighted by molar-refractivity contribution is 6.52. The van der Waals surface area contributed by atoms with E-state index in [1.54, 1.807) is 6.92 Å². The van der Waals surface area contributed by atoms with Gasteiger partial charge in [-0.3, -0.25) is 19.3 Å². The molecule has 0 unspecified atom stereocenters. The number of amides is 2. The first-order valence-electron chi connectivity index (χ1n) is 6.43. The molecule has 1 aliphatic heterocycles. The number of carbonyl (C=O) groups excluding carboxylic acids is 3. The Bertz CT molecular complexity index is 638. The van der Waals surface area contributed by atoms with Gasteiger partial charge < -0.3 is 5.32 Å². The van der Waals surface area contributed by atoms with Gasteiger partial charge in [-0.25, -0.2) is 4.39 Å². The highest BCUT2D eigenvalue weighted by atomic mass is 19.1. The highest BCUT2D eigenvalue weighted by Gasteiger charge is 2.39. The Kier molecular flexibility index (Phi) is 2.81. The second kappa shape index (κ2) is 4.40. The third kappa shape index (κ3) is 2.07. The monoisotopic (exact) mass is 276 g/mol. The fourth-order valence-electron chi connectivity index (χ4n) is 2.32. The van der Waals surface area contributed by atoms with Crippen molar-refractivity contribution in [3.8, 4) is 0 Å². The van der Waals surface area contributed by atoms with Crippen LogP contribution in [-0.4, -0.2) is 30.2 Å². The lowest BCUT2D eigenvalue weighted by Gasteiger charge is -2.16. The first-order valence-corrected chi connectivity index (χ1v) is 6.43. The van der Waals surface area contributed by atoms with E-state index in [9.17, 15) is 18.8 Å². The molecule has 0 spiro atoms. The number of aryl methyl sites for hydroxylation is 1. The summed E-state index contributed by atoms with van der Waals surface area (Å²) in [4.78, 5) is 36.4. The van der Waals surface area contributed by atoms with Crippen LogP contribution in [0.15, 0.2) is 12.1 Å². The number of halogens is 1. The SMILES string of the molecule is Cc1cc(F)c2c(c1)C(=O)C(=O)N2CC(=O)NC1CC1. The van der Waals surface area contributed by atoms with Gasteiger partial charge in [-0.2, -0.15) is 0 Å². The molecule has 3 rings (SSSR count). The molecule has 2 amide bonds. The van der Waals surface area contributed by atoms with Gasteiger partial charge in [-0.15, -0.1) is 0 Å². The second-order valence-electron chi connectivity index (χ2n) is 5.21. The topological polar surface area (TPSA) is 66.5 Å². The molecule has 0 radical (unpaired) electrons. The molecular weight excluding hydrogens is 263 g/mol. The molecule has 1 saturated carbocycles. The van der Waals surface area contributed by atoms with E-state index in [1.807, 2.05) is 0 Å². The summed E-state index contributed by atoms with van der Waals surface area (Å²) in [5.74, 6) is -2.64. The Morgan fingerprint density at radius 1 is 1.40 bits per heavy atom. The molecule has 6 heteroatoms. The first kappa shape index (κ1) is 12.8. The van der Waals surface area contributed by atoms with Gasteiger partial charge in [-0.1, -0.05) is 0 Å². The van der Waals surface area contributed by atoms with Crippen LogP contribution in [0.25, 0.3) is 0 Å². The van der Waals surface area contributed by atoms with Gasteiger partial charge >= 0.3 is 0 Å². The molecule has 1 aromatic carbocycles. The zero-order chi connectivity index (χ0) is 14.4. The molecular formula is C14H13FN2O3. The molecule has 5 nitrogen and oxygen atoms in total. The quantitative estimate of drug-likeness (QED) is 0.836. The van der Waals surface area contributed by atoms with Gasteiger partial charge in [0.25, 0.3) is 11.7 Å². The highest BCUT2D eigenvalue weighted by Crippen LogP contribution is 2.32. The molecule has 1 heterocycles. The van der Waals surface area contributed by atoms with Crippen molar-refractivity contribution in [2.75, 3.05) is 11.4 Å². The third-order valence-corrected chi connectivity index (χ3v) is 3.41. The molecule has 0 atom stereocenters. The van der Waals surface area contributed by atoms with E-state index in [2.05, 4.69) is 5.32 Å². The van der Waals surface area contributed by atoms with Crippen LogP contribution in [0.2, 0.25) is 0 Å². The smallest absolute Gasteiger partial charge is 0.300 e. The molecule has 0 bridgehead atoms. The summed E-state index contributed by atoms with van der Waals surface area (Å²) in [7, 11) is 0. The number of benzene rings is 1. The van der Waals surface area contributed by atoms with E-state index in [0.29, 0.717) is 5.56 Å². The number of carbonyl (C=O) groups is 3. The summed E-state index contributed by atoms with van der Waals surface area (Å²) in [6.45, 7) is 1.32. The molecule has 0 saturated heterocycles. The minimum Gasteiger partial charge on any atom is -0.352 e. The van der Waals surface area contributed by atoms with Crippen LogP contribution in [0.4, 0.5) is 10.1 Å². The summed E-state index contributed by atoms with van der Waals surface area (Å²) in [5.41, 5.74) is 0.509. The predicted octanol–water partition coefficient (Wildman–Crippen LogP) is 0.942. The van der Waals surface area contributed by atoms with E-state index in [4.69, 9.17) is 0 Å². The summed E-state index contributed by atoms with van der Waals surface area (Å²) in [5, 5.41) is 2.71. The average Bonchev–Trinajstić information content (AvgIpc) is 3.14. The van der Waals surface area contributed by atoms with Crippen molar-refractivity contribution in [1.29, 1.82) is 0 Å².